The first kappa shape index (κ1) is 34.8. The van der Waals surface area contributed by atoms with E-state index in [1.165, 1.54) is 39.0 Å². The highest BCUT2D eigenvalue weighted by molar-refractivity contribution is 5.27. The van der Waals surface area contributed by atoms with Crippen molar-refractivity contribution in [1.82, 2.24) is 0 Å². The van der Waals surface area contributed by atoms with Gasteiger partial charge in [0.15, 0.2) is 23.3 Å². The Morgan fingerprint density at radius 1 is 0.579 bits per heavy atom. The van der Waals surface area contributed by atoms with Crippen LogP contribution in [0.2, 0.25) is 0 Å². The molecule has 0 aliphatic heterocycles. The van der Waals surface area contributed by atoms with Crippen LogP contribution in [0.15, 0.2) is 0 Å². The molecule has 1 rings (SSSR count). The fraction of sp³-hybridized carbons (Fsp3) is 0.800. The van der Waals surface area contributed by atoms with Crippen LogP contribution in [0.3, 0.4) is 0 Å². The summed E-state index contributed by atoms with van der Waals surface area (Å²) in [6, 6.07) is 0. The van der Waals surface area contributed by atoms with Gasteiger partial charge < -0.3 is 14.2 Å². The van der Waals surface area contributed by atoms with Gasteiger partial charge in [-0.05, 0) is 32.1 Å². The number of hydrogen-bond donors (Lipinski definition) is 0. The van der Waals surface area contributed by atoms with Gasteiger partial charge >= 0.3 is 0 Å². The van der Waals surface area contributed by atoms with E-state index in [4.69, 9.17) is 14.2 Å². The molecule has 0 aliphatic rings. The standard InChI is InChI=1S/C30H49F5O3/c1-6-8-9-10-14-17-20-23(30(36-4,37-5)38-7-2)21-18-15-12-11-13-16-19-22(3)24-25(31)27(33)29(35)28(34)26(24)32/h22-23H,6-21H2,1-5H3. The minimum Gasteiger partial charge on any atom is -0.331 e. The molecule has 3 nitrogen and oxygen atoms in total. The summed E-state index contributed by atoms with van der Waals surface area (Å²) in [5.41, 5.74) is -0.716. The van der Waals surface area contributed by atoms with Crippen LogP contribution in [-0.4, -0.2) is 26.8 Å². The van der Waals surface area contributed by atoms with E-state index < -0.39 is 46.5 Å². The fourth-order valence-electron chi connectivity index (χ4n) is 5.27. The lowest BCUT2D eigenvalue weighted by atomic mass is 9.91. The summed E-state index contributed by atoms with van der Waals surface area (Å²) in [7, 11) is 3.25. The second-order valence-corrected chi connectivity index (χ2v) is 10.3. The predicted octanol–water partition coefficient (Wildman–Crippen LogP) is 9.96. The van der Waals surface area contributed by atoms with E-state index in [2.05, 4.69) is 6.92 Å². The summed E-state index contributed by atoms with van der Waals surface area (Å²) in [6.45, 7) is 6.14. The molecule has 8 heteroatoms. The maximum Gasteiger partial charge on any atom is 0.285 e. The molecule has 0 aliphatic carbocycles. The Balaban J connectivity index is 2.46. The van der Waals surface area contributed by atoms with Gasteiger partial charge in [-0.3, -0.25) is 0 Å². The molecule has 0 radical (unpaired) electrons. The quantitative estimate of drug-likeness (QED) is 0.0471. The van der Waals surface area contributed by atoms with Gasteiger partial charge in [-0.2, -0.15) is 0 Å². The Hall–Kier alpha value is -1.25. The van der Waals surface area contributed by atoms with Crippen LogP contribution in [0.25, 0.3) is 0 Å². The molecule has 0 bridgehead atoms. The van der Waals surface area contributed by atoms with E-state index in [9.17, 15) is 22.0 Å². The van der Waals surface area contributed by atoms with Crippen LogP contribution in [0, 0.1) is 35.0 Å². The number of ether oxygens (including phenoxy) is 3. The summed E-state index contributed by atoms with van der Waals surface area (Å²) in [6.07, 6.45) is 15.0. The molecule has 2 unspecified atom stereocenters. The number of rotatable bonds is 22. The molecule has 38 heavy (non-hydrogen) atoms. The van der Waals surface area contributed by atoms with Crippen molar-refractivity contribution in [2.45, 2.75) is 129 Å². The number of hydrogen-bond acceptors (Lipinski definition) is 3. The Labute approximate surface area is 226 Å². The van der Waals surface area contributed by atoms with E-state index in [1.807, 2.05) is 6.92 Å². The minimum atomic E-state index is -2.11. The second kappa shape index (κ2) is 18.9. The largest absolute Gasteiger partial charge is 0.331 e. The van der Waals surface area contributed by atoms with Crippen LogP contribution in [0.4, 0.5) is 22.0 Å². The maximum absolute atomic E-state index is 14.0. The topological polar surface area (TPSA) is 27.7 Å². The number of methoxy groups -OCH3 is 2. The zero-order valence-electron chi connectivity index (χ0n) is 24.1. The molecular weight excluding hydrogens is 503 g/mol. The van der Waals surface area contributed by atoms with Crippen molar-refractivity contribution in [2.24, 2.45) is 5.92 Å². The molecule has 0 amide bonds. The number of halogens is 5. The highest BCUT2D eigenvalue weighted by atomic mass is 19.2. The van der Waals surface area contributed by atoms with Gasteiger partial charge in [-0.15, -0.1) is 0 Å². The van der Waals surface area contributed by atoms with E-state index in [1.54, 1.807) is 14.2 Å². The predicted molar refractivity (Wildman–Crippen MR) is 141 cm³/mol. The van der Waals surface area contributed by atoms with Gasteiger partial charge in [-0.1, -0.05) is 90.9 Å². The summed E-state index contributed by atoms with van der Waals surface area (Å²) < 4.78 is 85.7. The van der Waals surface area contributed by atoms with Crippen LogP contribution < -0.4 is 0 Å². The van der Waals surface area contributed by atoms with Crippen molar-refractivity contribution in [1.29, 1.82) is 0 Å². The lowest BCUT2D eigenvalue weighted by Crippen LogP contribution is -2.45. The van der Waals surface area contributed by atoms with Crippen molar-refractivity contribution in [3.63, 3.8) is 0 Å². The highest BCUT2D eigenvalue weighted by Gasteiger charge is 2.39. The first-order chi connectivity index (χ1) is 18.2. The van der Waals surface area contributed by atoms with E-state index in [-0.39, 0.29) is 5.92 Å². The molecule has 0 N–H and O–H groups in total. The summed E-state index contributed by atoms with van der Waals surface area (Å²) in [4.78, 5) is 0. The Morgan fingerprint density at radius 2 is 0.974 bits per heavy atom. The van der Waals surface area contributed by atoms with Gasteiger partial charge in [0.25, 0.3) is 5.97 Å². The van der Waals surface area contributed by atoms with Crippen molar-refractivity contribution in [2.75, 3.05) is 20.8 Å². The van der Waals surface area contributed by atoms with Crippen LogP contribution >= 0.6 is 0 Å². The molecule has 1 aromatic rings. The number of benzene rings is 1. The Bertz CT molecular complexity index is 757. The maximum atomic E-state index is 14.0. The second-order valence-electron chi connectivity index (χ2n) is 10.3. The molecule has 222 valence electrons. The molecule has 0 saturated heterocycles. The van der Waals surface area contributed by atoms with Gasteiger partial charge in [-0.25, -0.2) is 22.0 Å². The van der Waals surface area contributed by atoms with Crippen LogP contribution in [-0.2, 0) is 14.2 Å². The van der Waals surface area contributed by atoms with E-state index in [0.29, 0.717) is 19.4 Å². The molecule has 0 saturated carbocycles. The molecule has 1 aromatic carbocycles. The van der Waals surface area contributed by atoms with Crippen molar-refractivity contribution < 1.29 is 36.2 Å². The van der Waals surface area contributed by atoms with E-state index in [0.717, 1.165) is 51.4 Å². The third kappa shape index (κ3) is 10.4. The SMILES string of the molecule is CCCCCCCCC(CCCCCCCCC(C)c1c(F)c(F)c(F)c(F)c1F)C(OC)(OC)OCC. The Morgan fingerprint density at radius 3 is 1.39 bits per heavy atom. The third-order valence-electron chi connectivity index (χ3n) is 7.50. The fourth-order valence-corrected chi connectivity index (χ4v) is 5.27. The van der Waals surface area contributed by atoms with Crippen molar-refractivity contribution >= 4 is 0 Å². The average molecular weight is 553 g/mol. The summed E-state index contributed by atoms with van der Waals surface area (Å²) >= 11 is 0. The van der Waals surface area contributed by atoms with Gasteiger partial charge in [0, 0.05) is 32.3 Å². The Kier molecular flexibility index (Phi) is 17.3. The monoisotopic (exact) mass is 552 g/mol. The average Bonchev–Trinajstić information content (AvgIpc) is 2.91. The zero-order valence-corrected chi connectivity index (χ0v) is 24.1. The molecule has 0 fully saturated rings. The first-order valence-corrected chi connectivity index (χ1v) is 14.5. The molecule has 0 spiro atoms. The van der Waals surface area contributed by atoms with E-state index >= 15 is 0 Å². The summed E-state index contributed by atoms with van der Waals surface area (Å²) in [5, 5.41) is 0. The van der Waals surface area contributed by atoms with Gasteiger partial charge in [0.2, 0.25) is 5.82 Å². The highest BCUT2D eigenvalue weighted by Crippen LogP contribution is 2.34. The zero-order chi connectivity index (χ0) is 28.6. The minimum absolute atomic E-state index is 0.130. The molecule has 0 heterocycles. The first-order valence-electron chi connectivity index (χ1n) is 14.5. The number of unbranched alkanes of at least 4 members (excludes halogenated alkanes) is 10. The lowest BCUT2D eigenvalue weighted by Gasteiger charge is -2.37. The smallest absolute Gasteiger partial charge is 0.285 e. The molecule has 2 atom stereocenters. The normalized spacial score (nSPS) is 13.7. The van der Waals surface area contributed by atoms with Crippen LogP contribution in [0.1, 0.15) is 129 Å². The molecule has 0 aromatic heterocycles. The lowest BCUT2D eigenvalue weighted by molar-refractivity contribution is -0.388. The molecular formula is C30H49F5O3. The van der Waals surface area contributed by atoms with Crippen molar-refractivity contribution in [3.05, 3.63) is 34.6 Å². The van der Waals surface area contributed by atoms with Gasteiger partial charge in [0.1, 0.15) is 0 Å². The van der Waals surface area contributed by atoms with Crippen molar-refractivity contribution in [3.8, 4) is 0 Å². The van der Waals surface area contributed by atoms with Gasteiger partial charge in [0.05, 0.1) is 0 Å². The van der Waals surface area contributed by atoms with Crippen LogP contribution in [0.5, 0.6) is 0 Å². The summed E-state index contributed by atoms with van der Waals surface area (Å²) in [5.74, 6) is -11.0. The third-order valence-corrected chi connectivity index (χ3v) is 7.50.